The van der Waals surface area contributed by atoms with E-state index in [2.05, 4.69) is 26.8 Å². The first-order chi connectivity index (χ1) is 7.96. The molecule has 0 N–H and O–H groups in total. The van der Waals surface area contributed by atoms with E-state index in [1.54, 1.807) is 0 Å². The lowest BCUT2D eigenvalue weighted by atomic mass is 9.60. The van der Waals surface area contributed by atoms with Crippen molar-refractivity contribution in [2.45, 2.75) is 40.2 Å². The molecular weight excluding hydrogens is 216 g/mol. The van der Waals surface area contributed by atoms with Crippen LogP contribution in [0.15, 0.2) is 11.6 Å². The van der Waals surface area contributed by atoms with Crippen molar-refractivity contribution in [1.29, 1.82) is 0 Å². The first kappa shape index (κ1) is 12.6. The third kappa shape index (κ3) is 2.13. The Kier molecular flexibility index (Phi) is 3.30. The number of ether oxygens (including phenoxy) is 2. The van der Waals surface area contributed by atoms with Gasteiger partial charge in [0.2, 0.25) is 0 Å². The molecule has 0 radical (unpaired) electrons. The molecule has 3 heteroatoms. The number of fused-ring (bicyclic) bond motifs is 2. The summed E-state index contributed by atoms with van der Waals surface area (Å²) < 4.78 is 11.1. The van der Waals surface area contributed by atoms with Gasteiger partial charge in [0.1, 0.15) is 0 Å². The van der Waals surface area contributed by atoms with Crippen LogP contribution in [-0.2, 0) is 14.3 Å². The highest BCUT2D eigenvalue weighted by Gasteiger charge is 2.49. The largest absolute Gasteiger partial charge is 0.465 e. The standard InChI is InChI=1S/C14H22O3/c1-9-5-6-14(8-17-12(4)15)7-16-11(3)13(9)10(14)2/h5,10-11,13H,6-8H2,1-4H3/t10-,11+,13-,14+/m1/s1. The second kappa shape index (κ2) is 4.45. The molecule has 0 aromatic rings. The Morgan fingerprint density at radius 2 is 2.29 bits per heavy atom. The van der Waals surface area contributed by atoms with E-state index in [0.29, 0.717) is 25.0 Å². The lowest BCUT2D eigenvalue weighted by molar-refractivity contribution is -0.165. The van der Waals surface area contributed by atoms with E-state index >= 15 is 0 Å². The number of hydrogen-bond donors (Lipinski definition) is 0. The van der Waals surface area contributed by atoms with Crippen LogP contribution in [0.4, 0.5) is 0 Å². The summed E-state index contributed by atoms with van der Waals surface area (Å²) in [7, 11) is 0. The lowest BCUT2D eigenvalue weighted by Crippen LogP contribution is -2.52. The molecule has 0 aromatic heterocycles. The molecule has 1 fully saturated rings. The van der Waals surface area contributed by atoms with E-state index < -0.39 is 0 Å². The Morgan fingerprint density at radius 3 is 2.94 bits per heavy atom. The quantitative estimate of drug-likeness (QED) is 0.548. The van der Waals surface area contributed by atoms with E-state index in [0.717, 1.165) is 6.42 Å². The van der Waals surface area contributed by atoms with Gasteiger partial charge in [-0.1, -0.05) is 18.6 Å². The van der Waals surface area contributed by atoms with Crippen LogP contribution in [0.2, 0.25) is 0 Å². The van der Waals surface area contributed by atoms with Gasteiger partial charge in [0.05, 0.1) is 19.3 Å². The molecule has 0 aromatic carbocycles. The van der Waals surface area contributed by atoms with Crippen molar-refractivity contribution in [3.63, 3.8) is 0 Å². The molecule has 0 saturated carbocycles. The Morgan fingerprint density at radius 1 is 1.59 bits per heavy atom. The fourth-order valence-corrected chi connectivity index (χ4v) is 3.31. The van der Waals surface area contributed by atoms with Gasteiger partial charge in [0.15, 0.2) is 0 Å². The summed E-state index contributed by atoms with van der Waals surface area (Å²) >= 11 is 0. The summed E-state index contributed by atoms with van der Waals surface area (Å²) in [6, 6.07) is 0. The van der Waals surface area contributed by atoms with Gasteiger partial charge in [0, 0.05) is 18.3 Å². The predicted octanol–water partition coefficient (Wildman–Crippen LogP) is 2.56. The second-order valence-corrected chi connectivity index (χ2v) is 5.63. The number of esters is 1. The van der Waals surface area contributed by atoms with Gasteiger partial charge < -0.3 is 9.47 Å². The SMILES string of the molecule is CC(=O)OC[C@]12CC=C(C)[C@@H]([C@H](C)OC1)[C@H]2C. The van der Waals surface area contributed by atoms with Crippen LogP contribution in [-0.4, -0.2) is 25.3 Å². The summed E-state index contributed by atoms with van der Waals surface area (Å²) in [6.45, 7) is 9.24. The van der Waals surface area contributed by atoms with Gasteiger partial charge in [-0.2, -0.15) is 0 Å². The zero-order valence-corrected chi connectivity index (χ0v) is 11.2. The van der Waals surface area contributed by atoms with Crippen molar-refractivity contribution in [3.05, 3.63) is 11.6 Å². The number of carbonyl (C=O) groups is 1. The molecule has 0 unspecified atom stereocenters. The first-order valence-corrected chi connectivity index (χ1v) is 6.38. The third-order valence-corrected chi connectivity index (χ3v) is 4.56. The van der Waals surface area contributed by atoms with Gasteiger partial charge in [-0.3, -0.25) is 4.79 Å². The minimum absolute atomic E-state index is 0.0116. The second-order valence-electron chi connectivity index (χ2n) is 5.63. The van der Waals surface area contributed by atoms with Crippen LogP contribution in [0.5, 0.6) is 0 Å². The summed E-state index contributed by atoms with van der Waals surface area (Å²) in [5, 5.41) is 0. The number of hydrogen-bond acceptors (Lipinski definition) is 3. The fourth-order valence-electron chi connectivity index (χ4n) is 3.31. The minimum atomic E-state index is -0.201. The molecule has 1 aliphatic carbocycles. The van der Waals surface area contributed by atoms with Crippen LogP contribution < -0.4 is 0 Å². The zero-order chi connectivity index (χ0) is 12.6. The number of carbonyl (C=O) groups excluding carboxylic acids is 1. The first-order valence-electron chi connectivity index (χ1n) is 6.38. The Labute approximate surface area is 103 Å². The summed E-state index contributed by atoms with van der Waals surface area (Å²) in [6.07, 6.45) is 3.52. The molecule has 2 bridgehead atoms. The summed E-state index contributed by atoms with van der Waals surface area (Å²) in [4.78, 5) is 11.0. The van der Waals surface area contributed by atoms with Crippen molar-refractivity contribution in [2.24, 2.45) is 17.3 Å². The maximum Gasteiger partial charge on any atom is 0.302 e. The van der Waals surface area contributed by atoms with Gasteiger partial charge in [-0.25, -0.2) is 0 Å². The van der Waals surface area contributed by atoms with E-state index in [4.69, 9.17) is 9.47 Å². The lowest BCUT2D eigenvalue weighted by Gasteiger charge is -2.51. The Balaban J connectivity index is 2.21. The highest BCUT2D eigenvalue weighted by Crippen LogP contribution is 2.49. The van der Waals surface area contributed by atoms with Crippen LogP contribution in [0.3, 0.4) is 0 Å². The molecular formula is C14H22O3. The van der Waals surface area contributed by atoms with Crippen molar-refractivity contribution in [3.8, 4) is 0 Å². The third-order valence-electron chi connectivity index (χ3n) is 4.56. The van der Waals surface area contributed by atoms with Gasteiger partial charge in [0.25, 0.3) is 0 Å². The summed E-state index contributed by atoms with van der Waals surface area (Å²) in [5.41, 5.74) is 1.41. The van der Waals surface area contributed by atoms with E-state index in [1.165, 1.54) is 12.5 Å². The highest BCUT2D eigenvalue weighted by molar-refractivity contribution is 5.65. The monoisotopic (exact) mass is 238 g/mol. The average Bonchev–Trinajstić information content (AvgIpc) is 2.26. The Hall–Kier alpha value is -0.830. The molecule has 0 spiro atoms. The van der Waals surface area contributed by atoms with Gasteiger partial charge >= 0.3 is 5.97 Å². The molecule has 0 amide bonds. The van der Waals surface area contributed by atoms with Crippen molar-refractivity contribution >= 4 is 5.97 Å². The number of rotatable bonds is 2. The van der Waals surface area contributed by atoms with E-state index in [-0.39, 0.29) is 17.5 Å². The average molecular weight is 238 g/mol. The Bertz CT molecular complexity index is 347. The zero-order valence-electron chi connectivity index (χ0n) is 11.2. The van der Waals surface area contributed by atoms with Gasteiger partial charge in [-0.05, 0) is 26.2 Å². The molecule has 2 aliphatic rings. The molecule has 3 nitrogen and oxygen atoms in total. The molecule has 1 aliphatic heterocycles. The minimum Gasteiger partial charge on any atom is -0.465 e. The molecule has 96 valence electrons. The normalized spacial score (nSPS) is 40.7. The fraction of sp³-hybridized carbons (Fsp3) is 0.786. The van der Waals surface area contributed by atoms with Crippen molar-refractivity contribution in [2.75, 3.05) is 13.2 Å². The maximum absolute atomic E-state index is 11.0. The smallest absolute Gasteiger partial charge is 0.302 e. The predicted molar refractivity (Wildman–Crippen MR) is 65.5 cm³/mol. The maximum atomic E-state index is 11.0. The summed E-state index contributed by atoms with van der Waals surface area (Å²) in [5.74, 6) is 0.775. The van der Waals surface area contributed by atoms with E-state index in [9.17, 15) is 4.79 Å². The molecule has 2 rings (SSSR count). The molecule has 4 atom stereocenters. The topological polar surface area (TPSA) is 35.5 Å². The van der Waals surface area contributed by atoms with E-state index in [1.807, 2.05) is 0 Å². The van der Waals surface area contributed by atoms with Crippen LogP contribution in [0.25, 0.3) is 0 Å². The van der Waals surface area contributed by atoms with Crippen molar-refractivity contribution in [1.82, 2.24) is 0 Å². The number of allylic oxidation sites excluding steroid dienone is 1. The van der Waals surface area contributed by atoms with Gasteiger partial charge in [-0.15, -0.1) is 0 Å². The highest BCUT2D eigenvalue weighted by atomic mass is 16.5. The van der Waals surface area contributed by atoms with Crippen molar-refractivity contribution < 1.29 is 14.3 Å². The van der Waals surface area contributed by atoms with Crippen LogP contribution in [0, 0.1) is 17.3 Å². The molecule has 1 saturated heterocycles. The molecule has 1 heterocycles. The van der Waals surface area contributed by atoms with Crippen LogP contribution in [0.1, 0.15) is 34.1 Å². The molecule has 17 heavy (non-hydrogen) atoms. The van der Waals surface area contributed by atoms with Crippen LogP contribution >= 0.6 is 0 Å².